The SMILES string of the molecule is CCCN1CCC(NC(=NC)NCC2(c3cccc(C(F)(F)F)c3)CC2)CC1. The van der Waals surface area contributed by atoms with E-state index in [1.807, 2.05) is 6.07 Å². The summed E-state index contributed by atoms with van der Waals surface area (Å²) in [6, 6.07) is 6.15. The minimum absolute atomic E-state index is 0.219. The van der Waals surface area contributed by atoms with Gasteiger partial charge in [0, 0.05) is 38.1 Å². The number of halogens is 3. The van der Waals surface area contributed by atoms with Crippen molar-refractivity contribution in [3.05, 3.63) is 35.4 Å². The summed E-state index contributed by atoms with van der Waals surface area (Å²) in [7, 11) is 1.74. The topological polar surface area (TPSA) is 39.7 Å². The summed E-state index contributed by atoms with van der Waals surface area (Å²) in [5, 5.41) is 6.84. The molecule has 0 radical (unpaired) electrons. The van der Waals surface area contributed by atoms with Gasteiger partial charge in [-0.15, -0.1) is 0 Å². The van der Waals surface area contributed by atoms with Gasteiger partial charge in [-0.25, -0.2) is 0 Å². The van der Waals surface area contributed by atoms with Crippen molar-refractivity contribution < 1.29 is 13.2 Å². The van der Waals surface area contributed by atoms with Gasteiger partial charge in [-0.1, -0.05) is 25.1 Å². The van der Waals surface area contributed by atoms with Crippen LogP contribution in [-0.2, 0) is 11.6 Å². The van der Waals surface area contributed by atoms with E-state index in [0.29, 0.717) is 12.6 Å². The predicted octanol–water partition coefficient (Wildman–Crippen LogP) is 3.78. The van der Waals surface area contributed by atoms with Crippen LogP contribution in [0.4, 0.5) is 13.2 Å². The van der Waals surface area contributed by atoms with Crippen LogP contribution in [0.1, 0.15) is 50.2 Å². The van der Waals surface area contributed by atoms with Gasteiger partial charge in [0.15, 0.2) is 5.96 Å². The van der Waals surface area contributed by atoms with Crippen LogP contribution in [0.5, 0.6) is 0 Å². The van der Waals surface area contributed by atoms with E-state index in [9.17, 15) is 13.2 Å². The Balaban J connectivity index is 1.54. The van der Waals surface area contributed by atoms with Gasteiger partial charge in [0.25, 0.3) is 0 Å². The number of likely N-dealkylation sites (tertiary alicyclic amines) is 1. The molecule has 1 heterocycles. The third kappa shape index (κ3) is 5.19. The molecule has 1 aromatic carbocycles. The molecule has 4 nitrogen and oxygen atoms in total. The number of rotatable bonds is 6. The lowest BCUT2D eigenvalue weighted by Crippen LogP contribution is -2.49. The molecule has 0 atom stereocenters. The van der Waals surface area contributed by atoms with Gasteiger partial charge in [0.05, 0.1) is 5.56 Å². The van der Waals surface area contributed by atoms with Gasteiger partial charge in [0.1, 0.15) is 0 Å². The van der Waals surface area contributed by atoms with Crippen molar-refractivity contribution in [2.24, 2.45) is 4.99 Å². The molecule has 0 amide bonds. The molecule has 1 aliphatic heterocycles. The van der Waals surface area contributed by atoms with Crippen LogP contribution in [0.15, 0.2) is 29.3 Å². The lowest BCUT2D eigenvalue weighted by Gasteiger charge is -2.33. The molecule has 2 aliphatic rings. The summed E-state index contributed by atoms with van der Waals surface area (Å²) in [6.07, 6.45) is 0.836. The quantitative estimate of drug-likeness (QED) is 0.568. The number of alkyl halides is 3. The maximum absolute atomic E-state index is 13.0. The van der Waals surface area contributed by atoms with Gasteiger partial charge in [-0.2, -0.15) is 13.2 Å². The highest BCUT2D eigenvalue weighted by Crippen LogP contribution is 2.48. The Hall–Kier alpha value is -1.76. The number of nitrogens with zero attached hydrogens (tertiary/aromatic N) is 2. The standard InChI is InChI=1S/C21H31F3N4/c1-3-11-28-12-7-18(8-13-28)27-19(25-2)26-15-20(9-10-20)16-5-4-6-17(14-16)21(22,23)24/h4-6,14,18H,3,7-13,15H2,1-2H3,(H2,25,26,27). The molecule has 28 heavy (non-hydrogen) atoms. The lowest BCUT2D eigenvalue weighted by molar-refractivity contribution is -0.137. The Labute approximate surface area is 165 Å². The maximum Gasteiger partial charge on any atom is 0.416 e. The molecular formula is C21H31F3N4. The molecule has 7 heteroatoms. The van der Waals surface area contributed by atoms with E-state index < -0.39 is 11.7 Å². The Kier molecular flexibility index (Phi) is 6.53. The van der Waals surface area contributed by atoms with Crippen molar-refractivity contribution in [2.45, 2.75) is 56.7 Å². The number of piperidine rings is 1. The first-order valence-electron chi connectivity index (χ1n) is 10.2. The van der Waals surface area contributed by atoms with E-state index in [2.05, 4.69) is 27.4 Å². The fraction of sp³-hybridized carbons (Fsp3) is 0.667. The van der Waals surface area contributed by atoms with Crippen LogP contribution in [0, 0.1) is 0 Å². The average Bonchev–Trinajstić information content (AvgIpc) is 3.47. The van der Waals surface area contributed by atoms with Crippen molar-refractivity contribution in [3.63, 3.8) is 0 Å². The van der Waals surface area contributed by atoms with Crippen LogP contribution < -0.4 is 10.6 Å². The molecule has 2 N–H and O–H groups in total. The molecule has 1 aromatic rings. The smallest absolute Gasteiger partial charge is 0.356 e. The van der Waals surface area contributed by atoms with Crippen molar-refractivity contribution in [1.29, 1.82) is 0 Å². The minimum atomic E-state index is -4.30. The highest BCUT2D eigenvalue weighted by Gasteiger charge is 2.45. The molecular weight excluding hydrogens is 365 g/mol. The molecule has 3 rings (SSSR count). The van der Waals surface area contributed by atoms with E-state index in [0.717, 1.165) is 62.9 Å². The van der Waals surface area contributed by atoms with E-state index in [1.54, 1.807) is 7.05 Å². The van der Waals surface area contributed by atoms with Crippen molar-refractivity contribution in [1.82, 2.24) is 15.5 Å². The fourth-order valence-corrected chi connectivity index (χ4v) is 4.00. The summed E-state index contributed by atoms with van der Waals surface area (Å²) in [5.74, 6) is 0.743. The van der Waals surface area contributed by atoms with E-state index in [4.69, 9.17) is 0 Å². The zero-order chi connectivity index (χ0) is 20.2. The van der Waals surface area contributed by atoms with Crippen LogP contribution >= 0.6 is 0 Å². The molecule has 0 unspecified atom stereocenters. The summed E-state index contributed by atoms with van der Waals surface area (Å²) >= 11 is 0. The van der Waals surface area contributed by atoms with Gasteiger partial charge < -0.3 is 15.5 Å². The normalized spacial score (nSPS) is 20.8. The number of nitrogens with one attached hydrogen (secondary N) is 2. The van der Waals surface area contributed by atoms with Crippen LogP contribution in [0.25, 0.3) is 0 Å². The third-order valence-corrected chi connectivity index (χ3v) is 5.94. The lowest BCUT2D eigenvalue weighted by atomic mass is 9.94. The summed E-state index contributed by atoms with van der Waals surface area (Å²) in [4.78, 5) is 6.81. The summed E-state index contributed by atoms with van der Waals surface area (Å²) < 4.78 is 39.1. The van der Waals surface area contributed by atoms with Gasteiger partial charge in [-0.3, -0.25) is 4.99 Å². The van der Waals surface area contributed by atoms with E-state index >= 15 is 0 Å². The number of aliphatic imine (C=N–C) groups is 1. The van der Waals surface area contributed by atoms with E-state index in [1.165, 1.54) is 18.6 Å². The first-order chi connectivity index (χ1) is 13.4. The molecule has 1 aliphatic carbocycles. The molecule has 1 saturated heterocycles. The van der Waals surface area contributed by atoms with Crippen LogP contribution in [0.2, 0.25) is 0 Å². The molecule has 0 bridgehead atoms. The number of hydrogen-bond acceptors (Lipinski definition) is 2. The molecule has 156 valence electrons. The Morgan fingerprint density at radius 3 is 2.54 bits per heavy atom. The average molecular weight is 397 g/mol. The molecule has 2 fully saturated rings. The maximum atomic E-state index is 13.0. The van der Waals surface area contributed by atoms with Gasteiger partial charge in [-0.05, 0) is 50.3 Å². The predicted molar refractivity (Wildman–Crippen MR) is 107 cm³/mol. The number of guanidine groups is 1. The van der Waals surface area contributed by atoms with Crippen molar-refractivity contribution in [3.8, 4) is 0 Å². The highest BCUT2D eigenvalue weighted by molar-refractivity contribution is 5.80. The third-order valence-electron chi connectivity index (χ3n) is 5.94. The second-order valence-corrected chi connectivity index (χ2v) is 8.04. The first-order valence-corrected chi connectivity index (χ1v) is 10.2. The monoisotopic (exact) mass is 396 g/mol. The van der Waals surface area contributed by atoms with Crippen molar-refractivity contribution >= 4 is 5.96 Å². The second kappa shape index (κ2) is 8.72. The largest absolute Gasteiger partial charge is 0.416 e. The fourth-order valence-electron chi connectivity index (χ4n) is 4.00. The molecule has 1 saturated carbocycles. The Morgan fingerprint density at radius 2 is 1.96 bits per heavy atom. The van der Waals surface area contributed by atoms with Gasteiger partial charge in [0.2, 0.25) is 0 Å². The van der Waals surface area contributed by atoms with Crippen LogP contribution in [-0.4, -0.2) is 50.1 Å². The minimum Gasteiger partial charge on any atom is -0.356 e. The Bertz CT molecular complexity index is 674. The molecule has 0 aromatic heterocycles. The highest BCUT2D eigenvalue weighted by atomic mass is 19.4. The zero-order valence-corrected chi connectivity index (χ0v) is 16.8. The summed E-state index contributed by atoms with van der Waals surface area (Å²) in [6.45, 7) is 6.14. The zero-order valence-electron chi connectivity index (χ0n) is 16.8. The van der Waals surface area contributed by atoms with Crippen LogP contribution in [0.3, 0.4) is 0 Å². The second-order valence-electron chi connectivity index (χ2n) is 8.04. The van der Waals surface area contributed by atoms with E-state index in [-0.39, 0.29) is 5.41 Å². The first kappa shape index (κ1) is 21.0. The van der Waals surface area contributed by atoms with Gasteiger partial charge >= 0.3 is 6.18 Å². The Morgan fingerprint density at radius 1 is 1.25 bits per heavy atom. The van der Waals surface area contributed by atoms with Crippen molar-refractivity contribution in [2.75, 3.05) is 33.2 Å². The number of hydrogen-bond donors (Lipinski definition) is 2. The number of benzene rings is 1. The summed E-state index contributed by atoms with van der Waals surface area (Å²) in [5.41, 5.74) is -0.0283. The molecule has 0 spiro atoms.